The molecule has 0 radical (unpaired) electrons. The minimum absolute atomic E-state index is 0.587. The van der Waals surface area contributed by atoms with Crippen LogP contribution in [0.25, 0.3) is 38.8 Å². The van der Waals surface area contributed by atoms with Crippen LogP contribution in [0.3, 0.4) is 0 Å². The van der Waals surface area contributed by atoms with Gasteiger partial charge in [0.05, 0.1) is 11.0 Å². The highest BCUT2D eigenvalue weighted by atomic mass is 16.5. The van der Waals surface area contributed by atoms with Gasteiger partial charge < -0.3 is 4.74 Å². The molecule has 0 atom stereocenters. The van der Waals surface area contributed by atoms with E-state index < -0.39 is 0 Å². The summed E-state index contributed by atoms with van der Waals surface area (Å²) in [7, 11) is 0. The summed E-state index contributed by atoms with van der Waals surface area (Å²) in [4.78, 5) is 9.17. The molecule has 0 unspecified atom stereocenters. The van der Waals surface area contributed by atoms with Crippen LogP contribution < -0.4 is 4.74 Å². The maximum atomic E-state index is 6.01. The van der Waals surface area contributed by atoms with Gasteiger partial charge in [0.2, 0.25) is 5.88 Å². The Morgan fingerprint density at radius 3 is 2.37 bits per heavy atom. The van der Waals surface area contributed by atoms with Crippen molar-refractivity contribution in [1.29, 1.82) is 0 Å². The molecule has 0 spiro atoms. The zero-order chi connectivity index (χ0) is 25.3. The summed E-state index contributed by atoms with van der Waals surface area (Å²) in [5.41, 5.74) is 5.99. The number of nitrogens with zero attached hydrogens (tertiary/aromatic N) is 3. The number of pyridine rings is 2. The average Bonchev–Trinajstić information content (AvgIpc) is 3.32. The standard InChI is InChI=1S/C34H29N3O/c1-2-9-24(10-3-1)27-18-20-35-33(23-27)37-31-14-5-4-13-29(31)30-17-16-26(22-32(30)37)25-11-8-12-28(21-25)38-34-15-6-7-19-36-34/h4-8,11-24H,1-3,9-10H2. The Kier molecular flexibility index (Phi) is 5.86. The zero-order valence-corrected chi connectivity index (χ0v) is 21.3. The Hall–Kier alpha value is -4.44. The van der Waals surface area contributed by atoms with Gasteiger partial charge in [-0.3, -0.25) is 4.57 Å². The van der Waals surface area contributed by atoms with E-state index in [1.54, 1.807) is 6.20 Å². The van der Waals surface area contributed by atoms with Crippen molar-refractivity contribution >= 4 is 21.8 Å². The van der Waals surface area contributed by atoms with Gasteiger partial charge in [-0.15, -0.1) is 0 Å². The molecule has 1 fully saturated rings. The lowest BCUT2D eigenvalue weighted by Gasteiger charge is -2.22. The zero-order valence-electron chi connectivity index (χ0n) is 21.3. The first-order valence-corrected chi connectivity index (χ1v) is 13.5. The summed E-state index contributed by atoms with van der Waals surface area (Å²) >= 11 is 0. The molecular weight excluding hydrogens is 466 g/mol. The third-order valence-corrected chi connectivity index (χ3v) is 7.78. The van der Waals surface area contributed by atoms with E-state index in [1.165, 1.54) is 54.0 Å². The maximum Gasteiger partial charge on any atom is 0.219 e. The summed E-state index contributed by atoms with van der Waals surface area (Å²) in [5, 5.41) is 2.47. The van der Waals surface area contributed by atoms with Crippen molar-refractivity contribution in [2.75, 3.05) is 0 Å². The fraction of sp³-hybridized carbons (Fsp3) is 0.176. The lowest BCUT2D eigenvalue weighted by atomic mass is 9.84. The van der Waals surface area contributed by atoms with E-state index >= 15 is 0 Å². The first-order chi connectivity index (χ1) is 18.8. The number of para-hydroxylation sites is 1. The van der Waals surface area contributed by atoms with Crippen LogP contribution >= 0.6 is 0 Å². The van der Waals surface area contributed by atoms with Gasteiger partial charge in [0.25, 0.3) is 0 Å². The summed E-state index contributed by atoms with van der Waals surface area (Å²) < 4.78 is 8.34. The summed E-state index contributed by atoms with van der Waals surface area (Å²) in [6, 6.07) is 33.8. The fourth-order valence-corrected chi connectivity index (χ4v) is 5.91. The fourth-order valence-electron chi connectivity index (χ4n) is 5.91. The molecule has 4 heteroatoms. The molecule has 0 saturated heterocycles. The second-order valence-corrected chi connectivity index (χ2v) is 10.2. The Bertz CT molecular complexity index is 1730. The molecule has 3 aromatic carbocycles. The third-order valence-electron chi connectivity index (χ3n) is 7.78. The Morgan fingerprint density at radius 1 is 0.632 bits per heavy atom. The van der Waals surface area contributed by atoms with Crippen LogP contribution in [0.15, 0.2) is 109 Å². The van der Waals surface area contributed by atoms with Crippen molar-refractivity contribution in [3.8, 4) is 28.6 Å². The number of ether oxygens (including phenoxy) is 1. The largest absolute Gasteiger partial charge is 0.439 e. The lowest BCUT2D eigenvalue weighted by Crippen LogP contribution is -2.06. The van der Waals surface area contributed by atoms with Crippen LogP contribution in [-0.2, 0) is 0 Å². The molecule has 3 aromatic heterocycles. The van der Waals surface area contributed by atoms with Crippen molar-refractivity contribution < 1.29 is 4.74 Å². The van der Waals surface area contributed by atoms with E-state index in [0.29, 0.717) is 11.8 Å². The molecule has 1 aliphatic carbocycles. The normalized spacial score (nSPS) is 14.2. The van der Waals surface area contributed by atoms with Crippen molar-refractivity contribution in [3.05, 3.63) is 115 Å². The number of benzene rings is 3. The van der Waals surface area contributed by atoms with Crippen LogP contribution in [0.4, 0.5) is 0 Å². The van der Waals surface area contributed by atoms with Crippen LogP contribution in [0, 0.1) is 0 Å². The van der Waals surface area contributed by atoms with Gasteiger partial charge in [0.1, 0.15) is 11.6 Å². The Morgan fingerprint density at radius 2 is 1.47 bits per heavy atom. The number of rotatable bonds is 5. The van der Waals surface area contributed by atoms with Gasteiger partial charge in [-0.25, -0.2) is 9.97 Å². The van der Waals surface area contributed by atoms with E-state index in [4.69, 9.17) is 9.72 Å². The quantitative estimate of drug-likeness (QED) is 0.239. The van der Waals surface area contributed by atoms with E-state index in [0.717, 1.165) is 28.2 Å². The van der Waals surface area contributed by atoms with Gasteiger partial charge in [-0.05, 0) is 77.9 Å². The van der Waals surface area contributed by atoms with Crippen LogP contribution in [-0.4, -0.2) is 14.5 Å². The predicted octanol–water partition coefficient (Wildman–Crippen LogP) is 9.08. The van der Waals surface area contributed by atoms with E-state index in [-0.39, 0.29) is 0 Å². The molecule has 38 heavy (non-hydrogen) atoms. The summed E-state index contributed by atoms with van der Waals surface area (Å²) in [6.07, 6.45) is 10.3. The molecule has 0 bridgehead atoms. The van der Waals surface area contributed by atoms with Gasteiger partial charge in [-0.2, -0.15) is 0 Å². The Balaban J connectivity index is 1.34. The summed E-state index contributed by atoms with van der Waals surface area (Å²) in [5.74, 6) is 2.98. The third kappa shape index (κ3) is 4.22. The van der Waals surface area contributed by atoms with Crippen molar-refractivity contribution in [1.82, 2.24) is 14.5 Å². The van der Waals surface area contributed by atoms with Gasteiger partial charge in [0, 0.05) is 29.2 Å². The molecule has 0 amide bonds. The van der Waals surface area contributed by atoms with Gasteiger partial charge >= 0.3 is 0 Å². The minimum atomic E-state index is 0.587. The topological polar surface area (TPSA) is 39.9 Å². The number of fused-ring (bicyclic) bond motifs is 3. The highest BCUT2D eigenvalue weighted by molar-refractivity contribution is 6.10. The van der Waals surface area contributed by atoms with Crippen molar-refractivity contribution in [2.24, 2.45) is 0 Å². The monoisotopic (exact) mass is 495 g/mol. The number of hydrogen-bond donors (Lipinski definition) is 0. The van der Waals surface area contributed by atoms with Gasteiger partial charge in [-0.1, -0.05) is 67.8 Å². The molecule has 0 aliphatic heterocycles. The molecular formula is C34H29N3O. The van der Waals surface area contributed by atoms with E-state index in [2.05, 4.69) is 76.3 Å². The second kappa shape index (κ2) is 9.79. The summed E-state index contributed by atoms with van der Waals surface area (Å²) in [6.45, 7) is 0. The molecule has 6 aromatic rings. The highest BCUT2D eigenvalue weighted by Gasteiger charge is 2.18. The van der Waals surface area contributed by atoms with E-state index in [9.17, 15) is 0 Å². The van der Waals surface area contributed by atoms with Crippen molar-refractivity contribution in [2.45, 2.75) is 38.0 Å². The minimum Gasteiger partial charge on any atom is -0.439 e. The first kappa shape index (κ1) is 22.7. The molecule has 0 N–H and O–H groups in total. The predicted molar refractivity (Wildman–Crippen MR) is 154 cm³/mol. The molecule has 186 valence electrons. The van der Waals surface area contributed by atoms with Crippen LogP contribution in [0.1, 0.15) is 43.6 Å². The molecule has 7 rings (SSSR count). The molecule has 3 heterocycles. The van der Waals surface area contributed by atoms with E-state index in [1.807, 2.05) is 36.5 Å². The van der Waals surface area contributed by atoms with Crippen LogP contribution in [0.2, 0.25) is 0 Å². The molecule has 1 aliphatic rings. The van der Waals surface area contributed by atoms with Gasteiger partial charge in [0.15, 0.2) is 0 Å². The molecule has 1 saturated carbocycles. The second-order valence-electron chi connectivity index (χ2n) is 10.2. The SMILES string of the molecule is c1ccc(Oc2cccc(-c3ccc4c5ccccc5n(-c5cc(C6CCCCC6)ccn5)c4c3)c2)nc1. The number of hydrogen-bond acceptors (Lipinski definition) is 3. The first-order valence-electron chi connectivity index (χ1n) is 13.5. The average molecular weight is 496 g/mol. The number of aromatic nitrogens is 3. The van der Waals surface area contributed by atoms with Crippen molar-refractivity contribution in [3.63, 3.8) is 0 Å². The molecule has 4 nitrogen and oxygen atoms in total. The Labute approximate surface area is 222 Å². The lowest BCUT2D eigenvalue weighted by molar-refractivity contribution is 0.443. The smallest absolute Gasteiger partial charge is 0.219 e. The van der Waals surface area contributed by atoms with Crippen LogP contribution in [0.5, 0.6) is 11.6 Å². The highest BCUT2D eigenvalue weighted by Crippen LogP contribution is 2.37. The maximum absolute atomic E-state index is 6.01.